The minimum atomic E-state index is -0.449. The normalized spacial score (nSPS) is 10.2. The minimum absolute atomic E-state index is 0.449. The first-order valence-electron chi connectivity index (χ1n) is 8.03. The van der Waals surface area contributed by atoms with Crippen molar-refractivity contribution in [1.82, 2.24) is 4.98 Å². The highest BCUT2D eigenvalue weighted by atomic mass is 16.5. The molecule has 0 aliphatic rings. The number of carbonyl (C=O) groups excluding carboxylic acids is 1. The van der Waals surface area contributed by atoms with Crippen molar-refractivity contribution in [3.05, 3.63) is 77.0 Å². The summed E-state index contributed by atoms with van der Waals surface area (Å²) in [7, 11) is 0. The minimum Gasteiger partial charge on any atom is -0.457 e. The molecule has 0 aliphatic heterocycles. The van der Waals surface area contributed by atoms with Crippen molar-refractivity contribution >= 4 is 5.91 Å². The van der Waals surface area contributed by atoms with Crippen LogP contribution in [0, 0.1) is 25.2 Å². The molecule has 2 N–H and O–H groups in total. The topological polar surface area (TPSA) is 89.0 Å². The van der Waals surface area contributed by atoms with Gasteiger partial charge in [-0.3, -0.25) is 9.78 Å². The number of carbonyl (C=O) groups is 1. The van der Waals surface area contributed by atoms with Crippen LogP contribution in [0.3, 0.4) is 0 Å². The monoisotopic (exact) mass is 343 g/mol. The van der Waals surface area contributed by atoms with Gasteiger partial charge >= 0.3 is 0 Å². The molecule has 5 nitrogen and oxygen atoms in total. The molecule has 0 saturated heterocycles. The zero-order chi connectivity index (χ0) is 18.7. The SMILES string of the molecule is Cc1cc(Oc2ccnc(-c3ccc(C(N)=O)c(C)c3)c2)ccc1C#N. The lowest BCUT2D eigenvalue weighted by molar-refractivity contribution is 0.0999. The van der Waals surface area contributed by atoms with E-state index in [1.807, 2.05) is 38.1 Å². The summed E-state index contributed by atoms with van der Waals surface area (Å²) < 4.78 is 5.89. The van der Waals surface area contributed by atoms with Gasteiger partial charge in [-0.15, -0.1) is 0 Å². The van der Waals surface area contributed by atoms with Crippen molar-refractivity contribution in [2.45, 2.75) is 13.8 Å². The van der Waals surface area contributed by atoms with Crippen LogP contribution in [0.5, 0.6) is 11.5 Å². The van der Waals surface area contributed by atoms with Crippen LogP contribution in [-0.4, -0.2) is 10.9 Å². The molecule has 0 saturated carbocycles. The fourth-order valence-corrected chi connectivity index (χ4v) is 2.69. The van der Waals surface area contributed by atoms with Gasteiger partial charge in [-0.05, 0) is 61.4 Å². The van der Waals surface area contributed by atoms with Crippen LogP contribution in [0.25, 0.3) is 11.3 Å². The number of rotatable bonds is 4. The second kappa shape index (κ2) is 7.08. The number of nitriles is 1. The molecule has 0 atom stereocenters. The first-order chi connectivity index (χ1) is 12.5. The molecule has 0 spiro atoms. The maximum atomic E-state index is 11.4. The standard InChI is InChI=1S/C21H17N3O2/c1-13-10-17(5-3-16(13)12-22)26-18-7-8-24-20(11-18)15-4-6-19(21(23)25)14(2)9-15/h3-11H,1-2H3,(H2,23,25). The van der Waals surface area contributed by atoms with Gasteiger partial charge in [0.2, 0.25) is 5.91 Å². The molecule has 1 amide bonds. The van der Waals surface area contributed by atoms with Crippen LogP contribution >= 0.6 is 0 Å². The first-order valence-corrected chi connectivity index (χ1v) is 8.03. The van der Waals surface area contributed by atoms with Gasteiger partial charge in [-0.25, -0.2) is 0 Å². The highest BCUT2D eigenvalue weighted by Crippen LogP contribution is 2.28. The van der Waals surface area contributed by atoms with E-state index in [0.717, 1.165) is 22.4 Å². The molecule has 1 aromatic heterocycles. The summed E-state index contributed by atoms with van der Waals surface area (Å²) in [5.74, 6) is 0.838. The van der Waals surface area contributed by atoms with Crippen LogP contribution in [0.1, 0.15) is 27.0 Å². The third-order valence-corrected chi connectivity index (χ3v) is 4.07. The van der Waals surface area contributed by atoms with Gasteiger partial charge in [-0.2, -0.15) is 5.26 Å². The predicted molar refractivity (Wildman–Crippen MR) is 98.9 cm³/mol. The van der Waals surface area contributed by atoms with E-state index in [-0.39, 0.29) is 0 Å². The number of aryl methyl sites for hydroxylation is 2. The van der Waals surface area contributed by atoms with Gasteiger partial charge in [0, 0.05) is 23.4 Å². The summed E-state index contributed by atoms with van der Waals surface area (Å²) in [5, 5.41) is 9.01. The zero-order valence-electron chi connectivity index (χ0n) is 14.5. The Morgan fingerprint density at radius 1 is 1.04 bits per heavy atom. The average molecular weight is 343 g/mol. The number of ether oxygens (including phenoxy) is 1. The van der Waals surface area contributed by atoms with Gasteiger partial charge in [0.05, 0.1) is 17.3 Å². The smallest absolute Gasteiger partial charge is 0.248 e. The third kappa shape index (κ3) is 3.55. The fraction of sp³-hybridized carbons (Fsp3) is 0.0952. The Kier molecular flexibility index (Phi) is 4.68. The zero-order valence-corrected chi connectivity index (χ0v) is 14.5. The predicted octanol–water partition coefficient (Wildman–Crippen LogP) is 4.13. The van der Waals surface area contributed by atoms with Crippen LogP contribution in [0.2, 0.25) is 0 Å². The van der Waals surface area contributed by atoms with Crippen molar-refractivity contribution in [1.29, 1.82) is 5.26 Å². The summed E-state index contributed by atoms with van der Waals surface area (Å²) in [6, 6.07) is 16.4. The van der Waals surface area contributed by atoms with E-state index < -0.39 is 5.91 Å². The van der Waals surface area contributed by atoms with Crippen molar-refractivity contribution in [3.8, 4) is 28.8 Å². The quantitative estimate of drug-likeness (QED) is 0.771. The largest absolute Gasteiger partial charge is 0.457 e. The van der Waals surface area contributed by atoms with E-state index in [1.54, 1.807) is 30.5 Å². The molecule has 0 unspecified atom stereocenters. The summed E-state index contributed by atoms with van der Waals surface area (Å²) in [4.78, 5) is 15.7. The van der Waals surface area contributed by atoms with Crippen molar-refractivity contribution < 1.29 is 9.53 Å². The number of benzene rings is 2. The lowest BCUT2D eigenvalue weighted by Crippen LogP contribution is -2.12. The molecule has 2 aromatic carbocycles. The van der Waals surface area contributed by atoms with Crippen LogP contribution in [-0.2, 0) is 0 Å². The molecule has 3 aromatic rings. The van der Waals surface area contributed by atoms with E-state index in [1.165, 1.54) is 0 Å². The van der Waals surface area contributed by atoms with E-state index >= 15 is 0 Å². The Morgan fingerprint density at radius 3 is 2.46 bits per heavy atom. The number of nitrogens with zero attached hydrogens (tertiary/aromatic N) is 2. The summed E-state index contributed by atoms with van der Waals surface area (Å²) in [6.45, 7) is 3.70. The number of pyridine rings is 1. The summed E-state index contributed by atoms with van der Waals surface area (Å²) in [6.07, 6.45) is 1.67. The lowest BCUT2D eigenvalue weighted by atomic mass is 10.0. The first kappa shape index (κ1) is 17.2. The Morgan fingerprint density at radius 2 is 1.81 bits per heavy atom. The number of primary amides is 1. The summed E-state index contributed by atoms with van der Waals surface area (Å²) in [5.41, 5.74) is 9.72. The van der Waals surface area contributed by atoms with E-state index in [0.29, 0.717) is 22.6 Å². The third-order valence-electron chi connectivity index (χ3n) is 4.07. The highest BCUT2D eigenvalue weighted by Gasteiger charge is 2.09. The van der Waals surface area contributed by atoms with Crippen LogP contribution < -0.4 is 10.5 Å². The second-order valence-electron chi connectivity index (χ2n) is 5.96. The molecule has 0 bridgehead atoms. The van der Waals surface area contributed by atoms with Gasteiger partial charge in [0.1, 0.15) is 11.5 Å². The molecule has 3 rings (SSSR count). The van der Waals surface area contributed by atoms with Gasteiger partial charge in [0.15, 0.2) is 0 Å². The van der Waals surface area contributed by atoms with Gasteiger partial charge in [-0.1, -0.05) is 6.07 Å². The molecule has 0 fully saturated rings. The number of nitrogens with two attached hydrogens (primary N) is 1. The maximum Gasteiger partial charge on any atom is 0.248 e. The molecule has 0 aliphatic carbocycles. The van der Waals surface area contributed by atoms with E-state index in [4.69, 9.17) is 15.7 Å². The Labute approximate surface area is 151 Å². The molecular formula is C21H17N3O2. The van der Waals surface area contributed by atoms with E-state index in [2.05, 4.69) is 11.1 Å². The fourth-order valence-electron chi connectivity index (χ4n) is 2.69. The number of hydrogen-bond donors (Lipinski definition) is 1. The average Bonchev–Trinajstić information content (AvgIpc) is 2.62. The van der Waals surface area contributed by atoms with Crippen molar-refractivity contribution in [3.63, 3.8) is 0 Å². The van der Waals surface area contributed by atoms with E-state index in [9.17, 15) is 4.79 Å². The van der Waals surface area contributed by atoms with Crippen molar-refractivity contribution in [2.24, 2.45) is 5.73 Å². The second-order valence-corrected chi connectivity index (χ2v) is 5.96. The molecule has 5 heteroatoms. The Hall–Kier alpha value is -3.65. The molecule has 26 heavy (non-hydrogen) atoms. The summed E-state index contributed by atoms with van der Waals surface area (Å²) >= 11 is 0. The highest BCUT2D eigenvalue weighted by molar-refractivity contribution is 5.94. The maximum absolute atomic E-state index is 11.4. The number of aromatic nitrogens is 1. The van der Waals surface area contributed by atoms with Gasteiger partial charge in [0.25, 0.3) is 0 Å². The molecule has 0 radical (unpaired) electrons. The molecule has 128 valence electrons. The van der Waals surface area contributed by atoms with Gasteiger partial charge < -0.3 is 10.5 Å². The molecule has 1 heterocycles. The van der Waals surface area contributed by atoms with Crippen LogP contribution in [0.4, 0.5) is 0 Å². The van der Waals surface area contributed by atoms with Crippen molar-refractivity contribution in [2.75, 3.05) is 0 Å². The molecular weight excluding hydrogens is 326 g/mol. The lowest BCUT2D eigenvalue weighted by Gasteiger charge is -2.10. The Bertz CT molecular complexity index is 1040. The van der Waals surface area contributed by atoms with Crippen LogP contribution in [0.15, 0.2) is 54.7 Å². The number of hydrogen-bond acceptors (Lipinski definition) is 4. The number of amides is 1. The Balaban J connectivity index is 1.89.